The Morgan fingerprint density at radius 1 is 1.42 bits per heavy atom. The van der Waals surface area contributed by atoms with Gasteiger partial charge in [0.15, 0.2) is 0 Å². The summed E-state index contributed by atoms with van der Waals surface area (Å²) >= 11 is 0. The molecule has 1 saturated heterocycles. The first-order chi connectivity index (χ1) is 9.15. The van der Waals surface area contributed by atoms with Crippen molar-refractivity contribution in [2.75, 3.05) is 24.2 Å². The molecule has 0 radical (unpaired) electrons. The van der Waals surface area contributed by atoms with Crippen molar-refractivity contribution < 1.29 is 9.66 Å². The zero-order valence-corrected chi connectivity index (χ0v) is 10.8. The number of hydrogen-bond donors (Lipinski definition) is 2. The summed E-state index contributed by atoms with van der Waals surface area (Å²) in [5.74, 6) is 0. The van der Waals surface area contributed by atoms with Crippen LogP contribution in [0.3, 0.4) is 0 Å². The Morgan fingerprint density at radius 2 is 2.26 bits per heavy atom. The number of nitrogens with one attached hydrogen (secondary N) is 1. The molecule has 0 saturated carbocycles. The molecule has 6 nitrogen and oxygen atoms in total. The normalized spacial score (nSPS) is 19.1. The number of benzene rings is 1. The molecule has 0 aliphatic carbocycles. The predicted octanol–water partition coefficient (Wildman–Crippen LogP) is 2.55. The van der Waals surface area contributed by atoms with Gasteiger partial charge in [0.2, 0.25) is 0 Å². The van der Waals surface area contributed by atoms with Crippen LogP contribution in [0.15, 0.2) is 18.2 Å². The van der Waals surface area contributed by atoms with E-state index in [2.05, 4.69) is 5.32 Å². The second kappa shape index (κ2) is 6.38. The van der Waals surface area contributed by atoms with Crippen molar-refractivity contribution in [1.29, 1.82) is 0 Å². The van der Waals surface area contributed by atoms with E-state index in [0.29, 0.717) is 17.5 Å². The first kappa shape index (κ1) is 13.6. The SMILES string of the molecule is Nc1cc(NCCC2CCCCO2)cc([N+](=O)[O-])c1. The van der Waals surface area contributed by atoms with E-state index in [9.17, 15) is 10.1 Å². The molecule has 6 heteroatoms. The molecule has 1 aliphatic heterocycles. The summed E-state index contributed by atoms with van der Waals surface area (Å²) in [6.07, 6.45) is 4.67. The van der Waals surface area contributed by atoms with Crippen LogP contribution in [0.4, 0.5) is 17.1 Å². The van der Waals surface area contributed by atoms with Gasteiger partial charge in [-0.25, -0.2) is 0 Å². The molecule has 1 unspecified atom stereocenters. The zero-order chi connectivity index (χ0) is 13.7. The zero-order valence-electron chi connectivity index (χ0n) is 10.8. The van der Waals surface area contributed by atoms with Crippen LogP contribution in [0, 0.1) is 10.1 Å². The second-order valence-corrected chi connectivity index (χ2v) is 4.77. The van der Waals surface area contributed by atoms with Crippen LogP contribution in [0.5, 0.6) is 0 Å². The van der Waals surface area contributed by atoms with Gasteiger partial charge >= 0.3 is 0 Å². The van der Waals surface area contributed by atoms with Gasteiger partial charge in [-0.1, -0.05) is 0 Å². The van der Waals surface area contributed by atoms with E-state index in [1.54, 1.807) is 6.07 Å². The van der Waals surface area contributed by atoms with Gasteiger partial charge in [-0.15, -0.1) is 0 Å². The van der Waals surface area contributed by atoms with Crippen molar-refractivity contribution in [3.05, 3.63) is 28.3 Å². The molecular formula is C13H19N3O3. The van der Waals surface area contributed by atoms with Crippen molar-refractivity contribution in [1.82, 2.24) is 0 Å². The highest BCUT2D eigenvalue weighted by Gasteiger charge is 2.13. The third-order valence-corrected chi connectivity index (χ3v) is 3.22. The standard InChI is InChI=1S/C13H19N3O3/c14-10-7-11(9-12(8-10)16(17)18)15-5-4-13-3-1-2-6-19-13/h7-9,13,15H,1-6,14H2. The number of hydrogen-bond acceptors (Lipinski definition) is 5. The quantitative estimate of drug-likeness (QED) is 0.485. The molecule has 1 atom stereocenters. The van der Waals surface area contributed by atoms with E-state index in [-0.39, 0.29) is 5.69 Å². The molecule has 0 bridgehead atoms. The number of nitrogen functional groups attached to an aromatic ring is 1. The molecule has 1 aliphatic rings. The largest absolute Gasteiger partial charge is 0.398 e. The highest BCUT2D eigenvalue weighted by atomic mass is 16.6. The summed E-state index contributed by atoms with van der Waals surface area (Å²) in [5.41, 5.74) is 6.73. The van der Waals surface area contributed by atoms with E-state index in [1.807, 2.05) is 0 Å². The Labute approximate surface area is 112 Å². The van der Waals surface area contributed by atoms with Crippen LogP contribution in [0.1, 0.15) is 25.7 Å². The summed E-state index contributed by atoms with van der Waals surface area (Å²) in [7, 11) is 0. The monoisotopic (exact) mass is 265 g/mol. The van der Waals surface area contributed by atoms with Gasteiger partial charge in [-0.3, -0.25) is 10.1 Å². The van der Waals surface area contributed by atoms with E-state index < -0.39 is 4.92 Å². The number of anilines is 2. The molecule has 2 rings (SSSR count). The number of nitro groups is 1. The number of nitro benzene ring substituents is 1. The maximum absolute atomic E-state index is 10.7. The fourth-order valence-electron chi connectivity index (χ4n) is 2.25. The molecular weight excluding hydrogens is 246 g/mol. The topological polar surface area (TPSA) is 90.4 Å². The van der Waals surface area contributed by atoms with Gasteiger partial charge in [0.25, 0.3) is 5.69 Å². The van der Waals surface area contributed by atoms with Crippen LogP contribution >= 0.6 is 0 Å². The molecule has 1 aromatic carbocycles. The lowest BCUT2D eigenvalue weighted by Crippen LogP contribution is -2.22. The Hall–Kier alpha value is -1.82. The van der Waals surface area contributed by atoms with E-state index >= 15 is 0 Å². The minimum absolute atomic E-state index is 0.0106. The fourth-order valence-corrected chi connectivity index (χ4v) is 2.25. The Balaban J connectivity index is 1.86. The first-order valence-corrected chi connectivity index (χ1v) is 6.55. The lowest BCUT2D eigenvalue weighted by molar-refractivity contribution is -0.384. The molecule has 1 fully saturated rings. The summed E-state index contributed by atoms with van der Waals surface area (Å²) in [6.45, 7) is 1.57. The molecule has 104 valence electrons. The van der Waals surface area contributed by atoms with Gasteiger partial charge in [0.1, 0.15) is 0 Å². The van der Waals surface area contributed by atoms with Gasteiger partial charge in [-0.05, 0) is 31.7 Å². The van der Waals surface area contributed by atoms with Gasteiger partial charge in [0, 0.05) is 36.7 Å². The molecule has 0 amide bonds. The highest BCUT2D eigenvalue weighted by molar-refractivity contribution is 5.61. The van der Waals surface area contributed by atoms with E-state index in [4.69, 9.17) is 10.5 Å². The van der Waals surface area contributed by atoms with Crippen molar-refractivity contribution in [2.45, 2.75) is 31.8 Å². The van der Waals surface area contributed by atoms with Crippen LogP contribution < -0.4 is 11.1 Å². The summed E-state index contributed by atoms with van der Waals surface area (Å²) in [5, 5.41) is 13.9. The molecule has 0 aromatic heterocycles. The van der Waals surface area contributed by atoms with Crippen molar-refractivity contribution in [2.24, 2.45) is 0 Å². The molecule has 19 heavy (non-hydrogen) atoms. The molecule has 1 aromatic rings. The van der Waals surface area contributed by atoms with E-state index in [1.165, 1.54) is 18.6 Å². The third kappa shape index (κ3) is 4.10. The molecule has 0 spiro atoms. The van der Waals surface area contributed by atoms with Gasteiger partial charge in [0.05, 0.1) is 11.0 Å². The minimum atomic E-state index is -0.439. The third-order valence-electron chi connectivity index (χ3n) is 3.22. The lowest BCUT2D eigenvalue weighted by atomic mass is 10.1. The van der Waals surface area contributed by atoms with Crippen LogP contribution in [0.2, 0.25) is 0 Å². The fraction of sp³-hybridized carbons (Fsp3) is 0.538. The first-order valence-electron chi connectivity index (χ1n) is 6.55. The van der Waals surface area contributed by atoms with Crippen LogP contribution in [-0.2, 0) is 4.74 Å². The number of nitrogens with zero attached hydrogens (tertiary/aromatic N) is 1. The van der Waals surface area contributed by atoms with Gasteiger partial charge < -0.3 is 15.8 Å². The second-order valence-electron chi connectivity index (χ2n) is 4.77. The number of nitrogens with two attached hydrogens (primary N) is 1. The Bertz CT molecular complexity index is 445. The Kier molecular flexibility index (Phi) is 4.57. The molecule has 3 N–H and O–H groups in total. The average Bonchev–Trinajstić information content (AvgIpc) is 2.39. The summed E-state index contributed by atoms with van der Waals surface area (Å²) < 4.78 is 5.63. The number of rotatable bonds is 5. The summed E-state index contributed by atoms with van der Waals surface area (Å²) in [6, 6.07) is 4.56. The highest BCUT2D eigenvalue weighted by Crippen LogP contribution is 2.22. The average molecular weight is 265 g/mol. The lowest BCUT2D eigenvalue weighted by Gasteiger charge is -2.22. The van der Waals surface area contributed by atoms with Crippen LogP contribution in [0.25, 0.3) is 0 Å². The Morgan fingerprint density at radius 3 is 2.95 bits per heavy atom. The number of non-ortho nitro benzene ring substituents is 1. The van der Waals surface area contributed by atoms with Crippen molar-refractivity contribution in [3.8, 4) is 0 Å². The summed E-state index contributed by atoms with van der Waals surface area (Å²) in [4.78, 5) is 10.3. The van der Waals surface area contributed by atoms with Crippen molar-refractivity contribution in [3.63, 3.8) is 0 Å². The number of ether oxygens (including phenoxy) is 1. The smallest absolute Gasteiger partial charge is 0.273 e. The maximum atomic E-state index is 10.7. The van der Waals surface area contributed by atoms with Crippen molar-refractivity contribution >= 4 is 17.1 Å². The van der Waals surface area contributed by atoms with Crippen LogP contribution in [-0.4, -0.2) is 24.2 Å². The van der Waals surface area contributed by atoms with E-state index in [0.717, 1.165) is 32.4 Å². The molecule has 1 heterocycles. The maximum Gasteiger partial charge on any atom is 0.273 e. The van der Waals surface area contributed by atoms with Gasteiger partial charge in [-0.2, -0.15) is 0 Å². The minimum Gasteiger partial charge on any atom is -0.398 e. The predicted molar refractivity (Wildman–Crippen MR) is 74.2 cm³/mol.